The summed E-state index contributed by atoms with van der Waals surface area (Å²) in [5, 5.41) is 5.41. The van der Waals surface area contributed by atoms with E-state index in [0.717, 1.165) is 30.4 Å². The Morgan fingerprint density at radius 3 is 2.92 bits per heavy atom. The van der Waals surface area contributed by atoms with Crippen LogP contribution in [-0.2, 0) is 6.54 Å². The molecule has 1 fully saturated rings. The van der Waals surface area contributed by atoms with Crippen molar-refractivity contribution in [3.05, 3.63) is 64.9 Å². The molecule has 6 heteroatoms. The lowest BCUT2D eigenvalue weighted by Crippen LogP contribution is -2.23. The summed E-state index contributed by atoms with van der Waals surface area (Å²) in [4.78, 5) is 15.7. The van der Waals surface area contributed by atoms with E-state index in [4.69, 9.17) is 0 Å². The molecule has 1 unspecified atom stereocenters. The van der Waals surface area contributed by atoms with Crippen LogP contribution in [0.15, 0.2) is 53.6 Å². The minimum atomic E-state index is 0.430. The van der Waals surface area contributed by atoms with E-state index in [-0.39, 0.29) is 0 Å². The molecule has 1 aliphatic rings. The average Bonchev–Trinajstić information content (AvgIpc) is 3.28. The van der Waals surface area contributed by atoms with Crippen molar-refractivity contribution in [3.8, 4) is 0 Å². The highest BCUT2D eigenvalue weighted by Gasteiger charge is 2.26. The molecule has 0 spiro atoms. The van der Waals surface area contributed by atoms with Gasteiger partial charge in [0.15, 0.2) is 0 Å². The molecule has 1 saturated heterocycles. The molecule has 1 N–H and O–H groups in total. The fourth-order valence-corrected chi connectivity index (χ4v) is 3.76. The number of hydrogen-bond donors (Lipinski definition) is 1. The first-order chi connectivity index (χ1) is 11.9. The van der Waals surface area contributed by atoms with Crippen molar-refractivity contribution in [2.75, 3.05) is 11.9 Å². The van der Waals surface area contributed by atoms with Crippen LogP contribution >= 0.6 is 11.3 Å². The van der Waals surface area contributed by atoms with Gasteiger partial charge in [0.25, 0.3) is 0 Å². The van der Waals surface area contributed by atoms with Crippen LogP contribution in [0.3, 0.4) is 0 Å². The Hall–Kier alpha value is -2.31. The van der Waals surface area contributed by atoms with Crippen molar-refractivity contribution in [3.63, 3.8) is 0 Å². The number of nitrogens with zero attached hydrogens (tertiary/aromatic N) is 4. The van der Waals surface area contributed by atoms with Gasteiger partial charge >= 0.3 is 0 Å². The average molecular weight is 337 g/mol. The molecule has 0 radical (unpaired) electrons. The van der Waals surface area contributed by atoms with Crippen LogP contribution in [-0.4, -0.2) is 26.4 Å². The molecular weight excluding hydrogens is 318 g/mol. The van der Waals surface area contributed by atoms with Crippen molar-refractivity contribution in [1.82, 2.24) is 19.9 Å². The van der Waals surface area contributed by atoms with E-state index in [9.17, 15) is 0 Å². The van der Waals surface area contributed by atoms with Gasteiger partial charge in [-0.1, -0.05) is 6.07 Å². The van der Waals surface area contributed by atoms with E-state index < -0.39 is 0 Å². The van der Waals surface area contributed by atoms with Crippen molar-refractivity contribution in [1.29, 1.82) is 0 Å². The number of likely N-dealkylation sites (tertiary alicyclic amines) is 1. The molecule has 24 heavy (non-hydrogen) atoms. The second-order valence-corrected chi connectivity index (χ2v) is 6.64. The van der Waals surface area contributed by atoms with E-state index in [1.807, 2.05) is 29.9 Å². The van der Waals surface area contributed by atoms with Crippen molar-refractivity contribution in [2.45, 2.75) is 25.4 Å². The maximum atomic E-state index is 4.43. The van der Waals surface area contributed by atoms with Gasteiger partial charge in [0.05, 0.1) is 11.2 Å². The van der Waals surface area contributed by atoms with Crippen LogP contribution < -0.4 is 5.32 Å². The summed E-state index contributed by atoms with van der Waals surface area (Å²) in [5.41, 5.74) is 4.37. The third kappa shape index (κ3) is 3.44. The molecule has 1 atom stereocenters. The second kappa shape index (κ2) is 7.07. The van der Waals surface area contributed by atoms with Crippen LogP contribution in [0.1, 0.15) is 30.1 Å². The molecular formula is C18H19N5S. The fourth-order valence-electron chi connectivity index (χ4n) is 3.21. The molecule has 0 saturated carbocycles. The fraction of sp³-hybridized carbons (Fsp3) is 0.278. The number of aromatic nitrogens is 3. The van der Waals surface area contributed by atoms with E-state index >= 15 is 0 Å². The maximum Gasteiger partial charge on any atom is 0.131 e. The molecule has 1 aliphatic heterocycles. The zero-order valence-electron chi connectivity index (χ0n) is 13.3. The molecule has 3 aromatic rings. The minimum absolute atomic E-state index is 0.430. The van der Waals surface area contributed by atoms with E-state index in [0.29, 0.717) is 6.04 Å². The summed E-state index contributed by atoms with van der Waals surface area (Å²) in [7, 11) is 0. The molecule has 3 aromatic heterocycles. The number of thiazole rings is 1. The molecule has 0 aromatic carbocycles. The Bertz CT molecular complexity index is 775. The predicted molar refractivity (Wildman–Crippen MR) is 96.3 cm³/mol. The van der Waals surface area contributed by atoms with Crippen LogP contribution in [0.5, 0.6) is 0 Å². The van der Waals surface area contributed by atoms with Gasteiger partial charge < -0.3 is 5.32 Å². The smallest absolute Gasteiger partial charge is 0.131 e. The zero-order valence-corrected chi connectivity index (χ0v) is 14.1. The zero-order chi connectivity index (χ0) is 16.2. The Balaban J connectivity index is 1.51. The first-order valence-electron chi connectivity index (χ1n) is 8.13. The summed E-state index contributed by atoms with van der Waals surface area (Å²) in [6.45, 7) is 2.03. The Morgan fingerprint density at radius 2 is 2.08 bits per heavy atom. The first-order valence-corrected chi connectivity index (χ1v) is 9.08. The molecule has 0 bridgehead atoms. The van der Waals surface area contributed by atoms with E-state index in [1.54, 1.807) is 17.5 Å². The Kier molecular flexibility index (Phi) is 4.49. The number of rotatable bonds is 5. The SMILES string of the molecule is c1ccc(Nc2cc(C3CCCN3Cc3cscn3)ccn2)nc1. The van der Waals surface area contributed by atoms with E-state index in [2.05, 4.69) is 42.7 Å². The minimum Gasteiger partial charge on any atom is -0.325 e. The van der Waals surface area contributed by atoms with Gasteiger partial charge in [-0.2, -0.15) is 0 Å². The molecule has 4 rings (SSSR count). The largest absolute Gasteiger partial charge is 0.325 e. The molecule has 4 heterocycles. The first kappa shape index (κ1) is 15.2. The summed E-state index contributed by atoms with van der Waals surface area (Å²) in [6, 6.07) is 10.5. The van der Waals surface area contributed by atoms with Crippen LogP contribution in [0.4, 0.5) is 11.6 Å². The normalized spacial score (nSPS) is 17.9. The monoisotopic (exact) mass is 337 g/mol. The van der Waals surface area contributed by atoms with Crippen LogP contribution in [0, 0.1) is 0 Å². The maximum absolute atomic E-state index is 4.43. The highest BCUT2D eigenvalue weighted by molar-refractivity contribution is 7.07. The number of nitrogens with one attached hydrogen (secondary N) is 1. The topological polar surface area (TPSA) is 53.9 Å². The van der Waals surface area contributed by atoms with Crippen molar-refractivity contribution < 1.29 is 0 Å². The number of hydrogen-bond acceptors (Lipinski definition) is 6. The predicted octanol–water partition coefficient (Wildman–Crippen LogP) is 4.01. The van der Waals surface area contributed by atoms with Gasteiger partial charge in [0, 0.05) is 30.4 Å². The van der Waals surface area contributed by atoms with Crippen molar-refractivity contribution >= 4 is 23.0 Å². The summed E-state index contributed by atoms with van der Waals surface area (Å²) < 4.78 is 0. The van der Waals surface area contributed by atoms with Crippen LogP contribution in [0.2, 0.25) is 0 Å². The lowest BCUT2D eigenvalue weighted by molar-refractivity contribution is 0.246. The molecule has 122 valence electrons. The second-order valence-electron chi connectivity index (χ2n) is 5.92. The van der Waals surface area contributed by atoms with Gasteiger partial charge in [0.1, 0.15) is 11.6 Å². The highest BCUT2D eigenvalue weighted by Crippen LogP contribution is 2.33. The number of pyridine rings is 2. The lowest BCUT2D eigenvalue weighted by atomic mass is 10.1. The van der Waals surface area contributed by atoms with Crippen molar-refractivity contribution in [2.24, 2.45) is 0 Å². The lowest BCUT2D eigenvalue weighted by Gasteiger charge is -2.24. The standard InChI is InChI=1S/C18H19N5S/c1-2-7-19-17(5-1)22-18-10-14(6-8-20-18)16-4-3-9-23(16)11-15-12-24-13-21-15/h1-2,5-8,10,12-13,16H,3-4,9,11H2,(H,19,20,22). The van der Waals surface area contributed by atoms with Gasteiger partial charge in [0.2, 0.25) is 0 Å². The van der Waals surface area contributed by atoms with Gasteiger partial charge in [-0.25, -0.2) is 15.0 Å². The number of anilines is 2. The van der Waals surface area contributed by atoms with Gasteiger partial charge in [-0.15, -0.1) is 11.3 Å². The summed E-state index contributed by atoms with van der Waals surface area (Å²) in [6.07, 6.45) is 6.05. The van der Waals surface area contributed by atoms with E-state index in [1.165, 1.54) is 18.4 Å². The summed E-state index contributed by atoms with van der Waals surface area (Å²) in [5.74, 6) is 1.65. The van der Waals surface area contributed by atoms with Crippen LogP contribution in [0.25, 0.3) is 0 Å². The molecule has 0 amide bonds. The molecule has 5 nitrogen and oxygen atoms in total. The molecule has 0 aliphatic carbocycles. The van der Waals surface area contributed by atoms with Gasteiger partial charge in [-0.05, 0) is 49.2 Å². The third-order valence-electron chi connectivity index (χ3n) is 4.30. The van der Waals surface area contributed by atoms with Gasteiger partial charge in [-0.3, -0.25) is 4.90 Å². The highest BCUT2D eigenvalue weighted by atomic mass is 32.1. The Labute approximate surface area is 145 Å². The quantitative estimate of drug-likeness (QED) is 0.762. The Morgan fingerprint density at radius 1 is 1.12 bits per heavy atom. The third-order valence-corrected chi connectivity index (χ3v) is 4.94. The summed E-state index contributed by atoms with van der Waals surface area (Å²) >= 11 is 1.66.